The zero-order valence-electron chi connectivity index (χ0n) is 13.2. The molecule has 1 aliphatic carbocycles. The van der Waals surface area contributed by atoms with Gasteiger partial charge in [0.05, 0.1) is 0 Å². The summed E-state index contributed by atoms with van der Waals surface area (Å²) in [7, 11) is 2.06. The number of ether oxygens (including phenoxy) is 1. The van der Waals surface area contributed by atoms with Gasteiger partial charge in [0.1, 0.15) is 11.9 Å². The molecule has 1 aromatic carbocycles. The zero-order chi connectivity index (χ0) is 14.4. The van der Waals surface area contributed by atoms with Crippen LogP contribution in [-0.4, -0.2) is 19.2 Å². The Kier molecular flexibility index (Phi) is 5.90. The van der Waals surface area contributed by atoms with Gasteiger partial charge in [-0.3, -0.25) is 0 Å². The molecular formula is C18H29NO. The van der Waals surface area contributed by atoms with Gasteiger partial charge in [-0.2, -0.15) is 0 Å². The maximum atomic E-state index is 6.32. The van der Waals surface area contributed by atoms with Crippen LogP contribution < -0.4 is 10.1 Å². The second-order valence-electron chi connectivity index (χ2n) is 6.27. The van der Waals surface area contributed by atoms with E-state index in [9.17, 15) is 0 Å². The van der Waals surface area contributed by atoms with Crippen LogP contribution in [0.2, 0.25) is 0 Å². The fourth-order valence-corrected chi connectivity index (χ4v) is 3.04. The Morgan fingerprint density at radius 2 is 1.85 bits per heavy atom. The second kappa shape index (κ2) is 7.68. The summed E-state index contributed by atoms with van der Waals surface area (Å²) in [4.78, 5) is 0. The van der Waals surface area contributed by atoms with Crippen LogP contribution in [0, 0.1) is 0 Å². The Balaban J connectivity index is 2.06. The number of hydrogen-bond donors (Lipinski definition) is 1. The highest BCUT2D eigenvalue weighted by molar-refractivity contribution is 5.30. The molecule has 1 aromatic rings. The average molecular weight is 275 g/mol. The lowest BCUT2D eigenvalue weighted by atomic mass is 9.94. The van der Waals surface area contributed by atoms with Gasteiger partial charge in [-0.25, -0.2) is 0 Å². The van der Waals surface area contributed by atoms with Crippen molar-refractivity contribution in [2.45, 2.75) is 70.4 Å². The molecule has 1 aliphatic rings. The van der Waals surface area contributed by atoms with E-state index in [0.717, 1.165) is 12.2 Å². The van der Waals surface area contributed by atoms with E-state index in [2.05, 4.69) is 50.5 Å². The predicted octanol–water partition coefficient (Wildman–Crippen LogP) is 4.50. The molecule has 0 amide bonds. The molecule has 0 aliphatic heterocycles. The van der Waals surface area contributed by atoms with Crippen LogP contribution in [0.15, 0.2) is 24.3 Å². The molecule has 0 saturated heterocycles. The molecule has 1 saturated carbocycles. The minimum absolute atomic E-state index is 0.308. The lowest BCUT2D eigenvalue weighted by molar-refractivity contribution is 0.131. The number of benzene rings is 1. The average Bonchev–Trinajstić information content (AvgIpc) is 2.42. The fourth-order valence-electron chi connectivity index (χ4n) is 3.04. The van der Waals surface area contributed by atoms with Gasteiger partial charge < -0.3 is 10.1 Å². The van der Waals surface area contributed by atoms with E-state index in [0.29, 0.717) is 18.1 Å². The Bertz CT molecular complexity index is 402. The lowest BCUT2D eigenvalue weighted by Crippen LogP contribution is -2.41. The number of rotatable bonds is 4. The van der Waals surface area contributed by atoms with E-state index in [-0.39, 0.29) is 0 Å². The zero-order valence-corrected chi connectivity index (χ0v) is 13.2. The first-order valence-electron chi connectivity index (χ1n) is 8.14. The Morgan fingerprint density at radius 1 is 1.10 bits per heavy atom. The fraction of sp³-hybridized carbons (Fsp3) is 0.667. The summed E-state index contributed by atoms with van der Waals surface area (Å²) in [5, 5.41) is 3.45. The highest BCUT2D eigenvalue weighted by Gasteiger charge is 2.23. The summed E-state index contributed by atoms with van der Waals surface area (Å²) in [5.74, 6) is 1.58. The van der Waals surface area contributed by atoms with Crippen LogP contribution in [0.1, 0.15) is 63.9 Å². The van der Waals surface area contributed by atoms with Gasteiger partial charge >= 0.3 is 0 Å². The maximum absolute atomic E-state index is 6.32. The van der Waals surface area contributed by atoms with Crippen molar-refractivity contribution < 1.29 is 4.74 Å². The SMILES string of the molecule is CNC1CCCCCCC1Oc1cccc(C(C)C)c1. The highest BCUT2D eigenvalue weighted by atomic mass is 16.5. The van der Waals surface area contributed by atoms with E-state index in [1.807, 2.05) is 0 Å². The van der Waals surface area contributed by atoms with Crippen LogP contribution in [0.25, 0.3) is 0 Å². The molecule has 0 aromatic heterocycles. The highest BCUT2D eigenvalue weighted by Crippen LogP contribution is 2.25. The molecule has 1 N–H and O–H groups in total. The Labute approximate surface area is 123 Å². The van der Waals surface area contributed by atoms with Gasteiger partial charge in [0.25, 0.3) is 0 Å². The van der Waals surface area contributed by atoms with Crippen molar-refractivity contribution in [2.24, 2.45) is 0 Å². The van der Waals surface area contributed by atoms with Crippen LogP contribution in [-0.2, 0) is 0 Å². The van der Waals surface area contributed by atoms with E-state index in [1.165, 1.54) is 37.7 Å². The van der Waals surface area contributed by atoms with Crippen LogP contribution in [0.4, 0.5) is 0 Å². The van der Waals surface area contributed by atoms with E-state index in [1.54, 1.807) is 0 Å². The molecule has 0 radical (unpaired) electrons. The normalized spacial score (nSPS) is 24.2. The van der Waals surface area contributed by atoms with Crippen molar-refractivity contribution in [3.63, 3.8) is 0 Å². The standard InChI is InChI=1S/C18H29NO/c1-14(2)15-9-8-10-16(13-15)20-18-12-7-5-4-6-11-17(18)19-3/h8-10,13-14,17-19H,4-7,11-12H2,1-3H3. The molecule has 2 heteroatoms. The summed E-state index contributed by atoms with van der Waals surface area (Å²) in [5.41, 5.74) is 1.36. The van der Waals surface area contributed by atoms with Crippen LogP contribution in [0.5, 0.6) is 5.75 Å². The molecule has 2 nitrogen and oxygen atoms in total. The van der Waals surface area contributed by atoms with Gasteiger partial charge in [0.2, 0.25) is 0 Å². The first kappa shape index (κ1) is 15.4. The monoisotopic (exact) mass is 275 g/mol. The summed E-state index contributed by atoms with van der Waals surface area (Å²) < 4.78 is 6.32. The third-order valence-corrected chi connectivity index (χ3v) is 4.39. The van der Waals surface area contributed by atoms with Crippen molar-refractivity contribution >= 4 is 0 Å². The Hall–Kier alpha value is -1.02. The number of likely N-dealkylation sites (N-methyl/N-ethyl adjacent to an activating group) is 1. The van der Waals surface area contributed by atoms with E-state index in [4.69, 9.17) is 4.74 Å². The van der Waals surface area contributed by atoms with Crippen molar-refractivity contribution in [1.82, 2.24) is 5.32 Å². The van der Waals surface area contributed by atoms with Crippen molar-refractivity contribution in [1.29, 1.82) is 0 Å². The van der Waals surface area contributed by atoms with Gasteiger partial charge in [0.15, 0.2) is 0 Å². The minimum atomic E-state index is 0.308. The van der Waals surface area contributed by atoms with Gasteiger partial charge in [0, 0.05) is 6.04 Å². The molecule has 0 heterocycles. The summed E-state index contributed by atoms with van der Waals surface area (Å²) in [6, 6.07) is 9.08. The molecule has 2 rings (SSSR count). The molecular weight excluding hydrogens is 246 g/mol. The molecule has 112 valence electrons. The number of hydrogen-bond acceptors (Lipinski definition) is 2. The predicted molar refractivity (Wildman–Crippen MR) is 85.5 cm³/mol. The maximum Gasteiger partial charge on any atom is 0.120 e. The Morgan fingerprint density at radius 3 is 2.55 bits per heavy atom. The first-order chi connectivity index (χ1) is 9.70. The lowest BCUT2D eigenvalue weighted by Gasteiger charge is -2.30. The van der Waals surface area contributed by atoms with Crippen LogP contribution >= 0.6 is 0 Å². The van der Waals surface area contributed by atoms with Crippen LogP contribution in [0.3, 0.4) is 0 Å². The topological polar surface area (TPSA) is 21.3 Å². The third-order valence-electron chi connectivity index (χ3n) is 4.39. The molecule has 0 bridgehead atoms. The van der Waals surface area contributed by atoms with Crippen molar-refractivity contribution in [2.75, 3.05) is 7.05 Å². The molecule has 2 unspecified atom stereocenters. The summed E-state index contributed by atoms with van der Waals surface area (Å²) >= 11 is 0. The van der Waals surface area contributed by atoms with Gasteiger partial charge in [-0.15, -0.1) is 0 Å². The van der Waals surface area contributed by atoms with Gasteiger partial charge in [-0.05, 0) is 49.9 Å². The molecule has 0 spiro atoms. The summed E-state index contributed by atoms with van der Waals surface area (Å²) in [6.07, 6.45) is 8.02. The smallest absolute Gasteiger partial charge is 0.120 e. The third kappa shape index (κ3) is 4.24. The molecule has 20 heavy (non-hydrogen) atoms. The largest absolute Gasteiger partial charge is 0.489 e. The van der Waals surface area contributed by atoms with E-state index >= 15 is 0 Å². The first-order valence-corrected chi connectivity index (χ1v) is 8.14. The van der Waals surface area contributed by atoms with Crippen molar-refractivity contribution in [3.8, 4) is 5.75 Å². The van der Waals surface area contributed by atoms with Gasteiger partial charge in [-0.1, -0.05) is 45.2 Å². The summed E-state index contributed by atoms with van der Waals surface area (Å²) in [6.45, 7) is 4.46. The molecule has 2 atom stereocenters. The second-order valence-corrected chi connectivity index (χ2v) is 6.27. The van der Waals surface area contributed by atoms with E-state index < -0.39 is 0 Å². The quantitative estimate of drug-likeness (QED) is 0.873. The molecule has 1 fully saturated rings. The number of nitrogens with one attached hydrogen (secondary N) is 1. The minimum Gasteiger partial charge on any atom is -0.489 e. The van der Waals surface area contributed by atoms with Crippen molar-refractivity contribution in [3.05, 3.63) is 29.8 Å².